The minimum Gasteiger partial charge on any atom is -0.371 e. The molecule has 1 fully saturated rings. The molecule has 0 saturated heterocycles. The topological polar surface area (TPSA) is 45.7 Å². The van der Waals surface area contributed by atoms with E-state index in [0.717, 1.165) is 55.1 Å². The molecular formula is C16H23ClIN3O. The fourth-order valence-electron chi connectivity index (χ4n) is 2.33. The minimum atomic E-state index is 0. The molecule has 6 heteroatoms. The molecule has 1 unspecified atom stereocenters. The third-order valence-electron chi connectivity index (χ3n) is 3.82. The Kier molecular flexibility index (Phi) is 7.24. The quantitative estimate of drug-likeness (QED) is 0.674. The highest BCUT2D eigenvalue weighted by atomic mass is 127. The number of nitrogens with zero attached hydrogens (tertiary/aromatic N) is 1. The van der Waals surface area contributed by atoms with Crippen LogP contribution in [0.2, 0.25) is 5.02 Å². The molecule has 1 saturated carbocycles. The van der Waals surface area contributed by atoms with Gasteiger partial charge in [-0.25, -0.2) is 0 Å². The summed E-state index contributed by atoms with van der Waals surface area (Å²) >= 11 is 5.97. The third kappa shape index (κ3) is 5.59. The SMILES string of the molecule is Clc1ccc(C(CNC2=NCCCN2)OCC2CC2)cc1.I. The Morgan fingerprint density at radius 3 is 2.73 bits per heavy atom. The molecule has 0 spiro atoms. The van der Waals surface area contributed by atoms with E-state index in [0.29, 0.717) is 0 Å². The van der Waals surface area contributed by atoms with Crippen LogP contribution in [0.1, 0.15) is 30.9 Å². The highest BCUT2D eigenvalue weighted by Gasteiger charge is 2.24. The van der Waals surface area contributed by atoms with Crippen LogP contribution in [0.5, 0.6) is 0 Å². The normalized spacial score (nSPS) is 18.7. The number of nitrogens with one attached hydrogen (secondary N) is 2. The van der Waals surface area contributed by atoms with Gasteiger partial charge in [0.05, 0.1) is 12.7 Å². The molecule has 4 nitrogen and oxygen atoms in total. The zero-order valence-corrected chi connectivity index (χ0v) is 15.6. The first-order valence-corrected chi connectivity index (χ1v) is 8.08. The van der Waals surface area contributed by atoms with Crippen LogP contribution < -0.4 is 10.6 Å². The van der Waals surface area contributed by atoms with Gasteiger partial charge in [0.15, 0.2) is 5.96 Å². The summed E-state index contributed by atoms with van der Waals surface area (Å²) < 4.78 is 6.09. The van der Waals surface area contributed by atoms with Crippen LogP contribution in [0.3, 0.4) is 0 Å². The van der Waals surface area contributed by atoms with Crippen molar-refractivity contribution < 1.29 is 4.74 Å². The molecule has 0 bridgehead atoms. The zero-order chi connectivity index (χ0) is 14.5. The first-order chi connectivity index (χ1) is 10.3. The van der Waals surface area contributed by atoms with Crippen LogP contribution in [0.15, 0.2) is 29.3 Å². The zero-order valence-electron chi connectivity index (χ0n) is 12.6. The molecule has 1 aromatic carbocycles. The van der Waals surface area contributed by atoms with Crippen molar-refractivity contribution in [1.29, 1.82) is 0 Å². The van der Waals surface area contributed by atoms with Gasteiger partial charge in [0.25, 0.3) is 0 Å². The lowest BCUT2D eigenvalue weighted by Gasteiger charge is -2.22. The van der Waals surface area contributed by atoms with Gasteiger partial charge in [-0.1, -0.05) is 23.7 Å². The van der Waals surface area contributed by atoms with Gasteiger partial charge in [0.2, 0.25) is 0 Å². The number of halogens is 2. The molecule has 0 aromatic heterocycles. The molecule has 1 atom stereocenters. The molecule has 1 aromatic rings. The molecule has 3 rings (SSSR count). The molecule has 2 N–H and O–H groups in total. The van der Waals surface area contributed by atoms with E-state index in [-0.39, 0.29) is 30.1 Å². The summed E-state index contributed by atoms with van der Waals surface area (Å²) in [5.41, 5.74) is 1.16. The number of hydrogen-bond donors (Lipinski definition) is 2. The van der Waals surface area contributed by atoms with Gasteiger partial charge in [0, 0.05) is 24.7 Å². The number of ether oxygens (including phenoxy) is 1. The first-order valence-electron chi connectivity index (χ1n) is 7.70. The molecule has 122 valence electrons. The predicted octanol–water partition coefficient (Wildman–Crippen LogP) is 3.36. The maximum atomic E-state index is 6.09. The molecule has 1 heterocycles. The monoisotopic (exact) mass is 435 g/mol. The van der Waals surface area contributed by atoms with E-state index in [1.807, 2.05) is 24.3 Å². The summed E-state index contributed by atoms with van der Waals surface area (Å²) in [7, 11) is 0. The Morgan fingerprint density at radius 1 is 1.32 bits per heavy atom. The Labute approximate surface area is 154 Å². The van der Waals surface area contributed by atoms with Crippen LogP contribution in [0, 0.1) is 5.92 Å². The molecule has 0 amide bonds. The van der Waals surface area contributed by atoms with Crippen molar-refractivity contribution in [2.75, 3.05) is 26.2 Å². The van der Waals surface area contributed by atoms with Crippen molar-refractivity contribution in [2.24, 2.45) is 10.9 Å². The van der Waals surface area contributed by atoms with Gasteiger partial charge in [-0.3, -0.25) is 4.99 Å². The summed E-state index contributed by atoms with van der Waals surface area (Å²) in [5.74, 6) is 1.64. The smallest absolute Gasteiger partial charge is 0.191 e. The Morgan fingerprint density at radius 2 is 2.09 bits per heavy atom. The van der Waals surface area contributed by atoms with E-state index in [4.69, 9.17) is 16.3 Å². The lowest BCUT2D eigenvalue weighted by atomic mass is 10.1. The van der Waals surface area contributed by atoms with E-state index < -0.39 is 0 Å². The van der Waals surface area contributed by atoms with Crippen LogP contribution in [0.4, 0.5) is 0 Å². The van der Waals surface area contributed by atoms with Crippen molar-refractivity contribution in [3.8, 4) is 0 Å². The first kappa shape index (κ1) is 17.8. The van der Waals surface area contributed by atoms with Crippen molar-refractivity contribution >= 4 is 41.5 Å². The number of guanidine groups is 1. The van der Waals surface area contributed by atoms with E-state index in [1.54, 1.807) is 0 Å². The molecular weight excluding hydrogens is 413 g/mol. The van der Waals surface area contributed by atoms with Gasteiger partial charge in [0.1, 0.15) is 0 Å². The van der Waals surface area contributed by atoms with Gasteiger partial charge < -0.3 is 15.4 Å². The lowest BCUT2D eigenvalue weighted by Crippen LogP contribution is -2.42. The standard InChI is InChI=1S/C16H22ClN3O.HI/c17-14-6-4-13(5-7-14)15(21-11-12-2-3-12)10-20-16-18-8-1-9-19-16;/h4-7,12,15H,1-3,8-11H2,(H2,18,19,20);1H. The average Bonchev–Trinajstić information content (AvgIpc) is 3.34. The highest BCUT2D eigenvalue weighted by Crippen LogP contribution is 2.31. The molecule has 0 radical (unpaired) electrons. The summed E-state index contributed by atoms with van der Waals surface area (Å²) in [5, 5.41) is 7.39. The van der Waals surface area contributed by atoms with E-state index in [2.05, 4.69) is 15.6 Å². The van der Waals surface area contributed by atoms with Crippen LogP contribution in [-0.4, -0.2) is 32.2 Å². The van der Waals surface area contributed by atoms with E-state index in [9.17, 15) is 0 Å². The third-order valence-corrected chi connectivity index (χ3v) is 4.08. The van der Waals surface area contributed by atoms with Crippen molar-refractivity contribution in [2.45, 2.75) is 25.4 Å². The Bertz CT molecular complexity index is 491. The summed E-state index contributed by atoms with van der Waals surface area (Å²) in [6.45, 7) is 3.44. The van der Waals surface area contributed by atoms with Crippen LogP contribution >= 0.6 is 35.6 Å². The fraction of sp³-hybridized carbons (Fsp3) is 0.562. The maximum Gasteiger partial charge on any atom is 0.191 e. The summed E-state index contributed by atoms with van der Waals surface area (Å²) in [4.78, 5) is 4.43. The summed E-state index contributed by atoms with van der Waals surface area (Å²) in [6, 6.07) is 7.91. The van der Waals surface area contributed by atoms with Crippen LogP contribution in [0.25, 0.3) is 0 Å². The van der Waals surface area contributed by atoms with E-state index >= 15 is 0 Å². The van der Waals surface area contributed by atoms with Gasteiger partial charge in [-0.05, 0) is 42.9 Å². The van der Waals surface area contributed by atoms with Crippen molar-refractivity contribution in [3.63, 3.8) is 0 Å². The second-order valence-electron chi connectivity index (χ2n) is 5.71. The maximum absolute atomic E-state index is 6.09. The molecule has 22 heavy (non-hydrogen) atoms. The second kappa shape index (κ2) is 8.93. The fourth-order valence-corrected chi connectivity index (χ4v) is 2.45. The van der Waals surface area contributed by atoms with Gasteiger partial charge in [-0.2, -0.15) is 0 Å². The number of rotatable bonds is 6. The van der Waals surface area contributed by atoms with Gasteiger partial charge in [-0.15, -0.1) is 24.0 Å². The van der Waals surface area contributed by atoms with Gasteiger partial charge >= 0.3 is 0 Å². The predicted molar refractivity (Wildman–Crippen MR) is 101 cm³/mol. The highest BCUT2D eigenvalue weighted by molar-refractivity contribution is 14.0. The van der Waals surface area contributed by atoms with Crippen molar-refractivity contribution in [3.05, 3.63) is 34.9 Å². The molecule has 2 aliphatic rings. The van der Waals surface area contributed by atoms with E-state index in [1.165, 1.54) is 12.8 Å². The second-order valence-corrected chi connectivity index (χ2v) is 6.14. The average molecular weight is 436 g/mol. The summed E-state index contributed by atoms with van der Waals surface area (Å²) in [6.07, 6.45) is 3.74. The number of hydrogen-bond acceptors (Lipinski definition) is 4. The number of aliphatic imine (C=N–C) groups is 1. The Balaban J connectivity index is 0.00000176. The minimum absolute atomic E-state index is 0. The van der Waals surface area contributed by atoms with Crippen LogP contribution in [-0.2, 0) is 4.74 Å². The van der Waals surface area contributed by atoms with Crippen molar-refractivity contribution in [1.82, 2.24) is 10.6 Å². The number of benzene rings is 1. The molecule has 1 aliphatic heterocycles. The lowest BCUT2D eigenvalue weighted by molar-refractivity contribution is 0.0480. The molecule has 1 aliphatic carbocycles. The largest absolute Gasteiger partial charge is 0.371 e. The Hall–Kier alpha value is -0.530.